The van der Waals surface area contributed by atoms with Gasteiger partial charge in [0.15, 0.2) is 0 Å². The second kappa shape index (κ2) is 5.67. The van der Waals surface area contributed by atoms with Crippen molar-refractivity contribution in [2.45, 2.75) is 63.5 Å². The predicted octanol–water partition coefficient (Wildman–Crippen LogP) is 2.35. The summed E-state index contributed by atoms with van der Waals surface area (Å²) in [4.78, 5) is 13.6. The minimum atomic E-state index is -0.0683. The molecule has 2 aliphatic carbocycles. The molecule has 0 aliphatic heterocycles. The Hall–Kier alpha value is -0.570. The molecule has 0 amide bonds. The van der Waals surface area contributed by atoms with E-state index in [2.05, 4.69) is 9.64 Å². The molecule has 0 atom stereocenters. The topological polar surface area (TPSA) is 29.5 Å². The number of hydrogen-bond acceptors (Lipinski definition) is 3. The van der Waals surface area contributed by atoms with Crippen LogP contribution in [-0.4, -0.2) is 36.6 Å². The summed E-state index contributed by atoms with van der Waals surface area (Å²) in [5.74, 6) is -0.0683. The maximum Gasteiger partial charge on any atom is 0.305 e. The van der Waals surface area contributed by atoms with Crippen molar-refractivity contribution in [1.82, 2.24) is 4.90 Å². The third-order valence-electron chi connectivity index (χ3n) is 3.56. The summed E-state index contributed by atoms with van der Waals surface area (Å²) in [5.41, 5.74) is 0. The van der Waals surface area contributed by atoms with Crippen molar-refractivity contribution in [2.75, 3.05) is 13.7 Å². The fourth-order valence-electron chi connectivity index (χ4n) is 2.32. The number of carbonyl (C=O) groups excluding carboxylic acids is 1. The molecular formula is C13H23NO2. The molecule has 16 heavy (non-hydrogen) atoms. The molecule has 0 unspecified atom stereocenters. The van der Waals surface area contributed by atoms with E-state index in [0.29, 0.717) is 6.42 Å². The minimum absolute atomic E-state index is 0.0683. The van der Waals surface area contributed by atoms with Crippen LogP contribution in [0.4, 0.5) is 0 Å². The van der Waals surface area contributed by atoms with Crippen molar-refractivity contribution >= 4 is 5.97 Å². The highest BCUT2D eigenvalue weighted by molar-refractivity contribution is 5.68. The van der Waals surface area contributed by atoms with Crippen molar-refractivity contribution in [2.24, 2.45) is 0 Å². The van der Waals surface area contributed by atoms with Crippen LogP contribution < -0.4 is 0 Å². The molecule has 0 aromatic heterocycles. The molecule has 3 nitrogen and oxygen atoms in total. The van der Waals surface area contributed by atoms with Crippen molar-refractivity contribution < 1.29 is 9.53 Å². The molecule has 0 aromatic carbocycles. The lowest BCUT2D eigenvalue weighted by molar-refractivity contribution is -0.140. The Morgan fingerprint density at radius 3 is 2.25 bits per heavy atom. The Labute approximate surface area is 98.1 Å². The van der Waals surface area contributed by atoms with Gasteiger partial charge in [-0.1, -0.05) is 6.42 Å². The standard InChI is InChI=1S/C13H23NO2/c1-16-13(15)5-3-2-4-10-14(11-6-7-11)12-8-9-12/h11-12H,2-10H2,1H3. The van der Waals surface area contributed by atoms with Gasteiger partial charge in [-0.05, 0) is 45.1 Å². The number of unbranched alkanes of at least 4 members (excludes halogenated alkanes) is 2. The van der Waals surface area contributed by atoms with Crippen LogP contribution >= 0.6 is 0 Å². The average molecular weight is 225 g/mol. The van der Waals surface area contributed by atoms with Crippen LogP contribution in [-0.2, 0) is 9.53 Å². The SMILES string of the molecule is COC(=O)CCCCCN(C1CC1)C1CC1. The second-order valence-electron chi connectivity index (χ2n) is 5.09. The molecule has 0 heterocycles. The lowest BCUT2D eigenvalue weighted by atomic mass is 10.2. The molecule has 2 fully saturated rings. The normalized spacial score (nSPS) is 20.1. The fourth-order valence-corrected chi connectivity index (χ4v) is 2.32. The van der Waals surface area contributed by atoms with Gasteiger partial charge >= 0.3 is 5.97 Å². The molecule has 2 aliphatic rings. The molecule has 0 saturated heterocycles. The smallest absolute Gasteiger partial charge is 0.305 e. The number of methoxy groups -OCH3 is 1. The highest BCUT2D eigenvalue weighted by Gasteiger charge is 2.38. The molecule has 2 saturated carbocycles. The Morgan fingerprint density at radius 1 is 1.12 bits per heavy atom. The van der Waals surface area contributed by atoms with E-state index in [1.54, 1.807) is 0 Å². The zero-order valence-electron chi connectivity index (χ0n) is 10.3. The van der Waals surface area contributed by atoms with E-state index in [0.717, 1.165) is 24.9 Å². The third-order valence-corrected chi connectivity index (χ3v) is 3.56. The average Bonchev–Trinajstić information content (AvgIpc) is 3.16. The van der Waals surface area contributed by atoms with Gasteiger partial charge in [0.05, 0.1) is 7.11 Å². The van der Waals surface area contributed by atoms with Crippen molar-refractivity contribution in [3.8, 4) is 0 Å². The maximum absolute atomic E-state index is 10.9. The molecule has 2 rings (SSSR count). The lowest BCUT2D eigenvalue weighted by Gasteiger charge is -2.21. The van der Waals surface area contributed by atoms with Gasteiger partial charge < -0.3 is 4.74 Å². The first-order valence-corrected chi connectivity index (χ1v) is 6.64. The number of hydrogen-bond donors (Lipinski definition) is 0. The number of carbonyl (C=O) groups is 1. The second-order valence-corrected chi connectivity index (χ2v) is 5.09. The van der Waals surface area contributed by atoms with Crippen molar-refractivity contribution in [1.29, 1.82) is 0 Å². The van der Waals surface area contributed by atoms with Crippen molar-refractivity contribution in [3.63, 3.8) is 0 Å². The van der Waals surface area contributed by atoms with Crippen LogP contribution in [0.25, 0.3) is 0 Å². The summed E-state index contributed by atoms with van der Waals surface area (Å²) in [5, 5.41) is 0. The van der Waals surface area contributed by atoms with Crippen LogP contribution in [0.2, 0.25) is 0 Å². The summed E-state index contributed by atoms with van der Waals surface area (Å²) < 4.78 is 4.62. The van der Waals surface area contributed by atoms with Crippen LogP contribution in [0.3, 0.4) is 0 Å². The van der Waals surface area contributed by atoms with Crippen molar-refractivity contribution in [3.05, 3.63) is 0 Å². The maximum atomic E-state index is 10.9. The number of nitrogens with zero attached hydrogens (tertiary/aromatic N) is 1. The Balaban J connectivity index is 1.51. The van der Waals surface area contributed by atoms with E-state index in [1.165, 1.54) is 45.8 Å². The predicted molar refractivity (Wildman–Crippen MR) is 63.2 cm³/mol. The summed E-state index contributed by atoms with van der Waals surface area (Å²) in [6, 6.07) is 1.82. The van der Waals surface area contributed by atoms with Gasteiger partial charge in [0.2, 0.25) is 0 Å². The van der Waals surface area contributed by atoms with E-state index in [1.807, 2.05) is 0 Å². The van der Waals surface area contributed by atoms with Crippen LogP contribution in [0.5, 0.6) is 0 Å². The van der Waals surface area contributed by atoms with Gasteiger partial charge in [-0.3, -0.25) is 9.69 Å². The van der Waals surface area contributed by atoms with Crippen LogP contribution in [0, 0.1) is 0 Å². The highest BCUT2D eigenvalue weighted by atomic mass is 16.5. The summed E-state index contributed by atoms with van der Waals surface area (Å²) in [6.45, 7) is 1.25. The van der Waals surface area contributed by atoms with E-state index in [4.69, 9.17) is 0 Å². The van der Waals surface area contributed by atoms with E-state index >= 15 is 0 Å². The van der Waals surface area contributed by atoms with Gasteiger partial charge in [-0.15, -0.1) is 0 Å². The number of rotatable bonds is 8. The zero-order valence-corrected chi connectivity index (χ0v) is 10.3. The molecular weight excluding hydrogens is 202 g/mol. The fraction of sp³-hybridized carbons (Fsp3) is 0.923. The molecule has 0 radical (unpaired) electrons. The molecule has 3 heteroatoms. The third kappa shape index (κ3) is 3.78. The monoisotopic (exact) mass is 225 g/mol. The van der Waals surface area contributed by atoms with E-state index < -0.39 is 0 Å². The first-order chi connectivity index (χ1) is 7.81. The molecule has 0 aromatic rings. The van der Waals surface area contributed by atoms with Crippen LogP contribution in [0.1, 0.15) is 51.4 Å². The van der Waals surface area contributed by atoms with Crippen LogP contribution in [0.15, 0.2) is 0 Å². The summed E-state index contributed by atoms with van der Waals surface area (Å²) in [7, 11) is 1.46. The molecule has 0 bridgehead atoms. The molecule has 0 spiro atoms. The minimum Gasteiger partial charge on any atom is -0.469 e. The molecule has 92 valence electrons. The Bertz CT molecular complexity index is 222. The van der Waals surface area contributed by atoms with Gasteiger partial charge in [0.1, 0.15) is 0 Å². The highest BCUT2D eigenvalue weighted by Crippen LogP contribution is 2.37. The van der Waals surface area contributed by atoms with Gasteiger partial charge in [-0.2, -0.15) is 0 Å². The summed E-state index contributed by atoms with van der Waals surface area (Å²) >= 11 is 0. The first-order valence-electron chi connectivity index (χ1n) is 6.64. The zero-order chi connectivity index (χ0) is 11.4. The van der Waals surface area contributed by atoms with Gasteiger partial charge in [0, 0.05) is 18.5 Å². The van der Waals surface area contributed by atoms with E-state index in [9.17, 15) is 4.79 Å². The number of ether oxygens (including phenoxy) is 1. The lowest BCUT2D eigenvalue weighted by Crippen LogP contribution is -2.29. The van der Waals surface area contributed by atoms with Gasteiger partial charge in [-0.25, -0.2) is 0 Å². The first kappa shape index (κ1) is 11.9. The Morgan fingerprint density at radius 2 is 1.75 bits per heavy atom. The summed E-state index contributed by atoms with van der Waals surface area (Å²) in [6.07, 6.45) is 9.63. The largest absolute Gasteiger partial charge is 0.469 e. The van der Waals surface area contributed by atoms with E-state index in [-0.39, 0.29) is 5.97 Å². The van der Waals surface area contributed by atoms with Gasteiger partial charge in [0.25, 0.3) is 0 Å². The Kier molecular flexibility index (Phi) is 4.22. The number of esters is 1. The molecule has 0 N–H and O–H groups in total. The quantitative estimate of drug-likeness (QED) is 0.469.